The normalized spacial score (nSPS) is 13.3. The van der Waals surface area contributed by atoms with Gasteiger partial charge < -0.3 is 19.5 Å². The van der Waals surface area contributed by atoms with Gasteiger partial charge in [-0.25, -0.2) is 14.0 Å². The van der Waals surface area contributed by atoms with E-state index in [2.05, 4.69) is 10.1 Å². The molecule has 0 aromatic heterocycles. The maximum atomic E-state index is 13.6. The Kier molecular flexibility index (Phi) is 8.49. The maximum absolute atomic E-state index is 13.6. The van der Waals surface area contributed by atoms with Crippen molar-refractivity contribution in [3.63, 3.8) is 0 Å². The van der Waals surface area contributed by atoms with Crippen LogP contribution in [0.25, 0.3) is 0 Å². The third-order valence-electron chi connectivity index (χ3n) is 3.24. The van der Waals surface area contributed by atoms with Crippen molar-refractivity contribution in [2.75, 3.05) is 13.0 Å². The molecule has 0 saturated carbocycles. The van der Waals surface area contributed by atoms with Crippen LogP contribution >= 0.6 is 11.6 Å². The first-order valence-corrected chi connectivity index (χ1v) is 8.67. The van der Waals surface area contributed by atoms with E-state index in [-0.39, 0.29) is 6.42 Å². The van der Waals surface area contributed by atoms with Gasteiger partial charge in [0.1, 0.15) is 17.3 Å². The highest BCUT2D eigenvalue weighted by atomic mass is 35.5. The van der Waals surface area contributed by atoms with Crippen LogP contribution in [-0.2, 0) is 23.8 Å². The van der Waals surface area contributed by atoms with Crippen LogP contribution < -0.4 is 5.32 Å². The molecule has 0 aliphatic heterocycles. The van der Waals surface area contributed by atoms with Crippen molar-refractivity contribution in [2.45, 2.75) is 44.9 Å². The number of methoxy groups -OCH3 is 1. The molecule has 0 aliphatic carbocycles. The summed E-state index contributed by atoms with van der Waals surface area (Å²) >= 11 is 5.41. The van der Waals surface area contributed by atoms with Gasteiger partial charge in [-0.1, -0.05) is 12.1 Å². The van der Waals surface area contributed by atoms with Crippen molar-refractivity contribution >= 4 is 29.6 Å². The van der Waals surface area contributed by atoms with Crippen molar-refractivity contribution < 1.29 is 33.0 Å². The minimum Gasteiger partial charge on any atom is -0.466 e. The molecule has 0 spiro atoms. The lowest BCUT2D eigenvalue weighted by molar-refractivity contribution is -0.165. The summed E-state index contributed by atoms with van der Waals surface area (Å²) in [6.45, 7) is 5.05. The smallest absolute Gasteiger partial charge is 0.408 e. The number of alkyl carbamates (subject to hydrolysis) is 1. The van der Waals surface area contributed by atoms with Crippen molar-refractivity contribution in [3.8, 4) is 0 Å². The van der Waals surface area contributed by atoms with E-state index in [1.54, 1.807) is 26.8 Å². The van der Waals surface area contributed by atoms with Crippen molar-refractivity contribution in [1.82, 2.24) is 5.32 Å². The second-order valence-electron chi connectivity index (χ2n) is 6.62. The summed E-state index contributed by atoms with van der Waals surface area (Å²) in [5.41, 5.74) is -0.402. The summed E-state index contributed by atoms with van der Waals surface area (Å²) in [5.74, 6) is -2.66. The Morgan fingerprint density at radius 2 is 1.93 bits per heavy atom. The zero-order chi connectivity index (χ0) is 20.6. The highest BCUT2D eigenvalue weighted by Gasteiger charge is 2.30. The minimum atomic E-state index is -1.34. The zero-order valence-corrected chi connectivity index (χ0v) is 16.3. The van der Waals surface area contributed by atoms with Crippen LogP contribution in [0, 0.1) is 5.82 Å². The SMILES string of the molecule is COC(=O)C(CC(NC(=O)OC(C)(C)C)c1cccc(F)c1)OC(=O)CCl. The van der Waals surface area contributed by atoms with Crippen molar-refractivity contribution in [3.05, 3.63) is 35.6 Å². The molecule has 1 N–H and O–H groups in total. The number of carbonyl (C=O) groups is 3. The lowest BCUT2D eigenvalue weighted by Gasteiger charge is -2.26. The largest absolute Gasteiger partial charge is 0.466 e. The number of hydrogen-bond donors (Lipinski definition) is 1. The number of amides is 1. The van der Waals surface area contributed by atoms with E-state index in [9.17, 15) is 18.8 Å². The topological polar surface area (TPSA) is 90.9 Å². The van der Waals surface area contributed by atoms with Crippen LogP contribution in [0.3, 0.4) is 0 Å². The average molecular weight is 404 g/mol. The highest BCUT2D eigenvalue weighted by Crippen LogP contribution is 2.23. The number of esters is 2. The second kappa shape index (κ2) is 10.1. The first kappa shape index (κ1) is 22.7. The number of rotatable bonds is 7. The number of carbonyl (C=O) groups excluding carboxylic acids is 3. The molecule has 1 aromatic carbocycles. The molecule has 0 radical (unpaired) electrons. The fraction of sp³-hybridized carbons (Fsp3) is 0.500. The van der Waals surface area contributed by atoms with Crippen molar-refractivity contribution in [1.29, 1.82) is 0 Å². The molecule has 9 heteroatoms. The predicted molar refractivity (Wildman–Crippen MR) is 95.7 cm³/mol. The number of hydrogen-bond acceptors (Lipinski definition) is 6. The maximum Gasteiger partial charge on any atom is 0.408 e. The highest BCUT2D eigenvalue weighted by molar-refractivity contribution is 6.26. The first-order valence-electron chi connectivity index (χ1n) is 8.14. The molecule has 27 heavy (non-hydrogen) atoms. The summed E-state index contributed by atoms with van der Waals surface area (Å²) in [5, 5.41) is 2.56. The molecule has 2 unspecified atom stereocenters. The molecule has 1 amide bonds. The monoisotopic (exact) mass is 403 g/mol. The van der Waals surface area contributed by atoms with E-state index in [4.69, 9.17) is 21.1 Å². The minimum absolute atomic E-state index is 0.196. The van der Waals surface area contributed by atoms with Gasteiger partial charge in [-0.15, -0.1) is 11.6 Å². The van der Waals surface area contributed by atoms with Gasteiger partial charge in [0.05, 0.1) is 13.2 Å². The van der Waals surface area contributed by atoms with Crippen molar-refractivity contribution in [2.24, 2.45) is 0 Å². The number of benzene rings is 1. The predicted octanol–water partition coefficient (Wildman–Crippen LogP) is 3.11. The summed E-state index contributed by atoms with van der Waals surface area (Å²) in [6.07, 6.45) is -2.31. The van der Waals surface area contributed by atoms with Crippen LogP contribution in [0.5, 0.6) is 0 Å². The van der Waals surface area contributed by atoms with Gasteiger partial charge in [0.15, 0.2) is 0 Å². The summed E-state index contributed by atoms with van der Waals surface area (Å²) in [6, 6.07) is 4.55. The van der Waals surface area contributed by atoms with Crippen LogP contribution in [0.15, 0.2) is 24.3 Å². The van der Waals surface area contributed by atoms with Gasteiger partial charge in [0.2, 0.25) is 6.10 Å². The fourth-order valence-corrected chi connectivity index (χ4v) is 2.24. The molecule has 7 nitrogen and oxygen atoms in total. The van der Waals surface area contributed by atoms with E-state index < -0.39 is 47.5 Å². The lowest BCUT2D eigenvalue weighted by atomic mass is 10.0. The second-order valence-corrected chi connectivity index (χ2v) is 6.89. The lowest BCUT2D eigenvalue weighted by Crippen LogP contribution is -2.39. The Hall–Kier alpha value is -2.35. The van der Waals surface area contributed by atoms with E-state index in [1.807, 2.05) is 0 Å². The molecule has 1 aromatic rings. The zero-order valence-electron chi connectivity index (χ0n) is 15.6. The first-order chi connectivity index (χ1) is 12.6. The number of halogens is 2. The molecule has 2 atom stereocenters. The summed E-state index contributed by atoms with van der Waals surface area (Å²) < 4.78 is 28.4. The molecule has 0 fully saturated rings. The number of nitrogens with one attached hydrogen (secondary N) is 1. The van der Waals surface area contributed by atoms with Crippen LogP contribution in [0.1, 0.15) is 38.8 Å². The summed E-state index contributed by atoms with van der Waals surface area (Å²) in [4.78, 5) is 35.6. The standard InChI is InChI=1S/C18H23ClFNO6/c1-18(2,3)27-17(24)21-13(11-6-5-7-12(20)8-11)9-14(16(23)25-4)26-15(22)10-19/h5-8,13-14H,9-10H2,1-4H3,(H,21,24). The van der Waals surface area contributed by atoms with Gasteiger partial charge in [0.25, 0.3) is 0 Å². The molecular weight excluding hydrogens is 381 g/mol. The number of ether oxygens (including phenoxy) is 3. The van der Waals surface area contributed by atoms with Gasteiger partial charge >= 0.3 is 18.0 Å². The van der Waals surface area contributed by atoms with Gasteiger partial charge in [-0.05, 0) is 38.5 Å². The molecule has 1 rings (SSSR count). The van der Waals surface area contributed by atoms with E-state index in [0.717, 1.165) is 7.11 Å². The van der Waals surface area contributed by atoms with E-state index >= 15 is 0 Å². The van der Waals surface area contributed by atoms with E-state index in [1.165, 1.54) is 18.2 Å². The molecule has 0 saturated heterocycles. The third kappa shape index (κ3) is 8.25. The van der Waals surface area contributed by atoms with Crippen LogP contribution in [0.4, 0.5) is 9.18 Å². The molecule has 150 valence electrons. The van der Waals surface area contributed by atoms with Gasteiger partial charge in [0, 0.05) is 6.42 Å². The Morgan fingerprint density at radius 3 is 2.44 bits per heavy atom. The Labute approximate surface area is 162 Å². The van der Waals surface area contributed by atoms with Crippen LogP contribution in [-0.4, -0.2) is 42.7 Å². The fourth-order valence-electron chi connectivity index (χ4n) is 2.18. The quantitative estimate of drug-likeness (QED) is 0.427. The van der Waals surface area contributed by atoms with Gasteiger partial charge in [-0.3, -0.25) is 4.79 Å². The Morgan fingerprint density at radius 1 is 1.26 bits per heavy atom. The molecule has 0 heterocycles. The number of alkyl halides is 1. The average Bonchev–Trinajstić information content (AvgIpc) is 2.57. The third-order valence-corrected chi connectivity index (χ3v) is 3.46. The Bertz CT molecular complexity index is 676. The van der Waals surface area contributed by atoms with Gasteiger partial charge in [-0.2, -0.15) is 0 Å². The molecular formula is C18H23ClFNO6. The van der Waals surface area contributed by atoms with Crippen LogP contribution in [0.2, 0.25) is 0 Å². The summed E-state index contributed by atoms with van der Waals surface area (Å²) in [7, 11) is 1.13. The Balaban J connectivity index is 3.09. The molecule has 0 aliphatic rings. The van der Waals surface area contributed by atoms with E-state index in [0.29, 0.717) is 5.56 Å². The molecule has 0 bridgehead atoms.